The largest absolute Gasteiger partial charge is 0.496 e. The molecule has 1 N–H and O–H groups in total. The third-order valence-corrected chi connectivity index (χ3v) is 3.91. The number of methoxy groups -OCH3 is 1. The molecule has 0 bridgehead atoms. The molecule has 0 amide bonds. The highest BCUT2D eigenvalue weighted by atomic mass is 32.1. The third kappa shape index (κ3) is 2.59. The Kier molecular flexibility index (Phi) is 3.41. The Bertz CT molecular complexity index is 406. The zero-order valence-corrected chi connectivity index (χ0v) is 9.98. The summed E-state index contributed by atoms with van der Waals surface area (Å²) in [5.41, 5.74) is 1.18. The summed E-state index contributed by atoms with van der Waals surface area (Å²) >= 11 is 3.19. The maximum absolute atomic E-state index is 9.96. The molecule has 2 aromatic rings. The monoisotopic (exact) mass is 240 g/mol. The van der Waals surface area contributed by atoms with Crippen molar-refractivity contribution in [3.05, 3.63) is 38.7 Å². The fourth-order valence-corrected chi connectivity index (χ4v) is 2.87. The number of ether oxygens (including phenoxy) is 1. The average molecular weight is 240 g/mol. The summed E-state index contributed by atoms with van der Waals surface area (Å²) in [6, 6.07) is 3.93. The number of rotatable bonds is 4. The minimum absolute atomic E-state index is 0.423. The molecule has 0 radical (unpaired) electrons. The Morgan fingerprint density at radius 2 is 2.33 bits per heavy atom. The van der Waals surface area contributed by atoms with Crippen molar-refractivity contribution in [1.82, 2.24) is 0 Å². The molecule has 2 heterocycles. The van der Waals surface area contributed by atoms with Gasteiger partial charge in [-0.05, 0) is 28.5 Å². The topological polar surface area (TPSA) is 29.5 Å². The van der Waals surface area contributed by atoms with E-state index in [9.17, 15) is 5.11 Å². The van der Waals surface area contributed by atoms with Crippen LogP contribution in [-0.2, 0) is 6.42 Å². The Morgan fingerprint density at radius 1 is 1.47 bits per heavy atom. The molecule has 80 valence electrons. The molecule has 2 rings (SSSR count). The molecule has 0 spiro atoms. The van der Waals surface area contributed by atoms with Crippen LogP contribution in [0.5, 0.6) is 5.75 Å². The number of thiophene rings is 2. The van der Waals surface area contributed by atoms with Gasteiger partial charge in [0.25, 0.3) is 0 Å². The SMILES string of the molecule is COc1csc(C(O)Cc2ccsc2)c1. The quantitative estimate of drug-likeness (QED) is 0.890. The lowest BCUT2D eigenvalue weighted by atomic mass is 10.1. The first-order chi connectivity index (χ1) is 7.29. The van der Waals surface area contributed by atoms with E-state index in [1.807, 2.05) is 22.9 Å². The molecule has 2 aromatic heterocycles. The fourth-order valence-electron chi connectivity index (χ4n) is 1.35. The van der Waals surface area contributed by atoms with Gasteiger partial charge in [-0.2, -0.15) is 11.3 Å². The van der Waals surface area contributed by atoms with Gasteiger partial charge in [-0.15, -0.1) is 11.3 Å². The lowest BCUT2D eigenvalue weighted by Crippen LogP contribution is -1.98. The minimum atomic E-state index is -0.423. The van der Waals surface area contributed by atoms with Gasteiger partial charge in [-0.25, -0.2) is 0 Å². The summed E-state index contributed by atoms with van der Waals surface area (Å²) < 4.78 is 5.08. The predicted octanol–water partition coefficient (Wildman–Crippen LogP) is 3.09. The highest BCUT2D eigenvalue weighted by molar-refractivity contribution is 7.10. The van der Waals surface area contributed by atoms with Crippen LogP contribution in [-0.4, -0.2) is 12.2 Å². The maximum Gasteiger partial charge on any atom is 0.129 e. The Labute approximate surface area is 96.8 Å². The molecule has 0 aromatic carbocycles. The highest BCUT2D eigenvalue weighted by Crippen LogP contribution is 2.29. The summed E-state index contributed by atoms with van der Waals surface area (Å²) in [7, 11) is 1.64. The van der Waals surface area contributed by atoms with Gasteiger partial charge in [0.05, 0.1) is 13.2 Å². The molecule has 15 heavy (non-hydrogen) atoms. The first-order valence-electron chi connectivity index (χ1n) is 4.61. The zero-order valence-electron chi connectivity index (χ0n) is 8.34. The van der Waals surface area contributed by atoms with E-state index in [0.29, 0.717) is 6.42 Å². The second-order valence-corrected chi connectivity index (χ2v) is 4.96. The molecular weight excluding hydrogens is 228 g/mol. The second-order valence-electron chi connectivity index (χ2n) is 3.24. The van der Waals surface area contributed by atoms with Crippen LogP contribution in [0.2, 0.25) is 0 Å². The Hall–Kier alpha value is -0.840. The van der Waals surface area contributed by atoms with E-state index in [4.69, 9.17) is 4.74 Å². The van der Waals surface area contributed by atoms with Crippen molar-refractivity contribution in [1.29, 1.82) is 0 Å². The van der Waals surface area contributed by atoms with Crippen molar-refractivity contribution in [3.8, 4) is 5.75 Å². The van der Waals surface area contributed by atoms with Gasteiger partial charge in [-0.1, -0.05) is 0 Å². The molecule has 0 fully saturated rings. The van der Waals surface area contributed by atoms with Gasteiger partial charge in [-0.3, -0.25) is 0 Å². The average Bonchev–Trinajstić information content (AvgIpc) is 2.86. The normalized spacial score (nSPS) is 12.7. The van der Waals surface area contributed by atoms with E-state index < -0.39 is 6.10 Å². The van der Waals surface area contributed by atoms with Gasteiger partial charge in [0.1, 0.15) is 5.75 Å². The van der Waals surface area contributed by atoms with E-state index in [0.717, 1.165) is 10.6 Å². The minimum Gasteiger partial charge on any atom is -0.496 e. The number of hydrogen-bond acceptors (Lipinski definition) is 4. The van der Waals surface area contributed by atoms with Crippen molar-refractivity contribution in [2.45, 2.75) is 12.5 Å². The molecule has 0 aliphatic heterocycles. The summed E-state index contributed by atoms with van der Waals surface area (Å²) in [5, 5.41) is 16.0. The summed E-state index contributed by atoms with van der Waals surface area (Å²) in [6.07, 6.45) is 0.251. The predicted molar refractivity (Wildman–Crippen MR) is 63.9 cm³/mol. The molecule has 0 aliphatic rings. The van der Waals surface area contributed by atoms with Crippen LogP contribution >= 0.6 is 22.7 Å². The molecule has 0 aliphatic carbocycles. The fraction of sp³-hybridized carbons (Fsp3) is 0.273. The van der Waals surface area contributed by atoms with Crippen LogP contribution < -0.4 is 4.74 Å². The first kappa shape index (κ1) is 10.7. The molecule has 1 unspecified atom stereocenters. The van der Waals surface area contributed by atoms with Crippen LogP contribution in [0.1, 0.15) is 16.5 Å². The van der Waals surface area contributed by atoms with E-state index in [1.165, 1.54) is 16.9 Å². The Morgan fingerprint density at radius 3 is 2.93 bits per heavy atom. The first-order valence-corrected chi connectivity index (χ1v) is 6.43. The smallest absolute Gasteiger partial charge is 0.129 e. The summed E-state index contributed by atoms with van der Waals surface area (Å²) in [6.45, 7) is 0. The van der Waals surface area contributed by atoms with Gasteiger partial charge >= 0.3 is 0 Å². The van der Waals surface area contributed by atoms with Crippen molar-refractivity contribution < 1.29 is 9.84 Å². The highest BCUT2D eigenvalue weighted by Gasteiger charge is 2.11. The van der Waals surface area contributed by atoms with Gasteiger partial charge in [0.15, 0.2) is 0 Å². The molecule has 0 saturated heterocycles. The van der Waals surface area contributed by atoms with Crippen molar-refractivity contribution in [2.75, 3.05) is 7.11 Å². The van der Waals surface area contributed by atoms with Crippen LogP contribution in [0.4, 0.5) is 0 Å². The standard InChI is InChI=1S/C11H12O2S2/c1-13-9-5-11(15-7-9)10(12)4-8-2-3-14-6-8/h2-3,5-7,10,12H,4H2,1H3. The third-order valence-electron chi connectivity index (χ3n) is 2.17. The van der Waals surface area contributed by atoms with Crippen molar-refractivity contribution in [3.63, 3.8) is 0 Å². The van der Waals surface area contributed by atoms with Crippen molar-refractivity contribution >= 4 is 22.7 Å². The van der Waals surface area contributed by atoms with E-state index in [2.05, 4.69) is 5.38 Å². The number of aliphatic hydroxyl groups excluding tert-OH is 1. The van der Waals surface area contributed by atoms with Crippen LogP contribution in [0.3, 0.4) is 0 Å². The molecular formula is C11H12O2S2. The van der Waals surface area contributed by atoms with Gasteiger partial charge in [0.2, 0.25) is 0 Å². The molecule has 4 heteroatoms. The summed E-state index contributed by atoms with van der Waals surface area (Å²) in [5.74, 6) is 0.819. The van der Waals surface area contributed by atoms with Gasteiger partial charge in [0, 0.05) is 16.7 Å². The lowest BCUT2D eigenvalue weighted by molar-refractivity contribution is 0.182. The molecule has 2 nitrogen and oxygen atoms in total. The Balaban J connectivity index is 2.04. The van der Waals surface area contributed by atoms with Crippen molar-refractivity contribution in [2.24, 2.45) is 0 Å². The molecule has 1 atom stereocenters. The molecule has 0 saturated carbocycles. The van der Waals surface area contributed by atoms with E-state index in [-0.39, 0.29) is 0 Å². The van der Waals surface area contributed by atoms with E-state index >= 15 is 0 Å². The second kappa shape index (κ2) is 4.79. The number of hydrogen-bond donors (Lipinski definition) is 1. The van der Waals surface area contributed by atoms with E-state index in [1.54, 1.807) is 18.4 Å². The van der Waals surface area contributed by atoms with Crippen LogP contribution in [0, 0.1) is 0 Å². The summed E-state index contributed by atoms with van der Waals surface area (Å²) in [4.78, 5) is 0.957. The number of aliphatic hydroxyl groups is 1. The lowest BCUT2D eigenvalue weighted by Gasteiger charge is -2.06. The van der Waals surface area contributed by atoms with Gasteiger partial charge < -0.3 is 9.84 Å². The zero-order chi connectivity index (χ0) is 10.7. The van der Waals surface area contributed by atoms with Crippen LogP contribution in [0.15, 0.2) is 28.3 Å². The maximum atomic E-state index is 9.96. The van der Waals surface area contributed by atoms with Crippen LogP contribution in [0.25, 0.3) is 0 Å².